The van der Waals surface area contributed by atoms with Crippen LogP contribution >= 0.6 is 0 Å². The summed E-state index contributed by atoms with van der Waals surface area (Å²) < 4.78 is 47.6. The summed E-state index contributed by atoms with van der Waals surface area (Å²) >= 11 is 0. The fourth-order valence-corrected chi connectivity index (χ4v) is 8.58. The molecule has 2 fully saturated rings. The molecule has 2 heterocycles. The highest BCUT2D eigenvalue weighted by atomic mass is 32.2. The van der Waals surface area contributed by atoms with Crippen molar-refractivity contribution in [2.24, 2.45) is 0 Å². The fraction of sp³-hybridized carbons (Fsp3) is 0.314. The van der Waals surface area contributed by atoms with E-state index in [0.29, 0.717) is 33.5 Å². The van der Waals surface area contributed by atoms with Gasteiger partial charge in [0.1, 0.15) is 47.3 Å². The van der Waals surface area contributed by atoms with E-state index in [-0.39, 0.29) is 18.6 Å². The normalized spacial score (nSPS) is 27.6. The number of ether oxygens (including phenoxy) is 1. The van der Waals surface area contributed by atoms with Crippen LogP contribution in [0.4, 0.5) is 10.1 Å². The zero-order chi connectivity index (χ0) is 33.5. The Bertz CT molecular complexity index is 1790. The van der Waals surface area contributed by atoms with Crippen LogP contribution in [0.3, 0.4) is 0 Å². The van der Waals surface area contributed by atoms with Gasteiger partial charge in [0.15, 0.2) is 0 Å². The van der Waals surface area contributed by atoms with Gasteiger partial charge in [0.05, 0.1) is 24.4 Å². The Hall–Kier alpha value is -3.88. The Labute approximate surface area is 271 Å². The van der Waals surface area contributed by atoms with Gasteiger partial charge in [-0.2, -0.15) is 0 Å². The van der Waals surface area contributed by atoms with Crippen molar-refractivity contribution in [1.29, 1.82) is 0 Å². The van der Waals surface area contributed by atoms with Crippen molar-refractivity contribution < 1.29 is 48.2 Å². The molecule has 0 radical (unpaired) electrons. The van der Waals surface area contributed by atoms with Gasteiger partial charge in [-0.1, -0.05) is 66.7 Å². The van der Waals surface area contributed by atoms with E-state index in [1.165, 1.54) is 34.6 Å². The van der Waals surface area contributed by atoms with Crippen molar-refractivity contribution in [2.75, 3.05) is 10.9 Å². The van der Waals surface area contributed by atoms with Crippen LogP contribution in [0.5, 0.6) is 5.75 Å². The van der Waals surface area contributed by atoms with Gasteiger partial charge < -0.3 is 35.4 Å². The molecule has 6 rings (SSSR count). The Balaban J connectivity index is 1.25. The minimum Gasteiger partial charge on any atom is -0.508 e. The molecule has 2 aliphatic rings. The van der Waals surface area contributed by atoms with E-state index in [1.807, 2.05) is 0 Å². The standard InChI is InChI=1S/C35H36FNO9S/c36-24-13-10-21(11-14-24)27(39)16-17-30-31(37(47(30,44)45)25-4-2-1-3-5-25)26-15-12-23(18-28(26)40)20-6-8-22(9-7-20)35-34(43)33(42)32(41)29(19-38)46-35/h1-15,18,27,29-35,38-43H,16-17,19H2/t27-,29-,30-,31-,32-,33+,34-,35?/m1/s1. The van der Waals surface area contributed by atoms with Crippen molar-refractivity contribution in [1.82, 2.24) is 0 Å². The third-order valence-corrected chi connectivity index (χ3v) is 11.3. The second kappa shape index (κ2) is 13.3. The minimum absolute atomic E-state index is 0.0927. The predicted octanol–water partition coefficient (Wildman–Crippen LogP) is 3.49. The van der Waals surface area contributed by atoms with E-state index in [1.54, 1.807) is 66.7 Å². The SMILES string of the molecule is O=S1(=O)[C@H](CC[C@@H](O)c2ccc(F)cc2)[C@@H](c2ccc(-c3ccc(C4O[C@H](CO)[C@@H](O)[C@H](O)[C@H]4O)cc3)cc2O)N1c1ccccc1. The van der Waals surface area contributed by atoms with Gasteiger partial charge in [-0.3, -0.25) is 4.31 Å². The molecular formula is C35H36FNO9S. The molecule has 0 saturated carbocycles. The number of aliphatic hydroxyl groups is 5. The van der Waals surface area contributed by atoms with Crippen LogP contribution in [0.1, 0.15) is 47.8 Å². The maximum Gasteiger partial charge on any atom is 0.241 e. The number of sulfonamides is 1. The molecule has 4 aromatic carbocycles. The van der Waals surface area contributed by atoms with Gasteiger partial charge in [0, 0.05) is 5.56 Å². The lowest BCUT2D eigenvalue weighted by molar-refractivity contribution is -0.231. The highest BCUT2D eigenvalue weighted by molar-refractivity contribution is 7.95. The quantitative estimate of drug-likeness (QED) is 0.157. The highest BCUT2D eigenvalue weighted by Gasteiger charge is 2.55. The first-order valence-corrected chi connectivity index (χ1v) is 16.8. The van der Waals surface area contributed by atoms with E-state index >= 15 is 0 Å². The van der Waals surface area contributed by atoms with E-state index in [2.05, 4.69) is 0 Å². The van der Waals surface area contributed by atoms with Crippen molar-refractivity contribution >= 4 is 15.7 Å². The van der Waals surface area contributed by atoms with Crippen LogP contribution in [-0.2, 0) is 14.8 Å². The van der Waals surface area contributed by atoms with Crippen molar-refractivity contribution in [3.63, 3.8) is 0 Å². The molecule has 0 bridgehead atoms. The third-order valence-electron chi connectivity index (χ3n) is 9.07. The molecule has 4 aromatic rings. The molecule has 47 heavy (non-hydrogen) atoms. The van der Waals surface area contributed by atoms with E-state index in [9.17, 15) is 43.4 Å². The van der Waals surface area contributed by atoms with Gasteiger partial charge in [0.25, 0.3) is 0 Å². The van der Waals surface area contributed by atoms with Gasteiger partial charge in [-0.25, -0.2) is 12.8 Å². The number of nitrogens with zero attached hydrogens (tertiary/aromatic N) is 1. The maximum atomic E-state index is 13.6. The number of benzene rings is 4. The van der Waals surface area contributed by atoms with E-state index in [4.69, 9.17) is 4.74 Å². The lowest BCUT2D eigenvalue weighted by Gasteiger charge is -2.48. The summed E-state index contributed by atoms with van der Waals surface area (Å²) in [6.45, 7) is -0.537. The van der Waals surface area contributed by atoms with Gasteiger partial charge >= 0.3 is 0 Å². The molecule has 10 nitrogen and oxygen atoms in total. The molecule has 248 valence electrons. The smallest absolute Gasteiger partial charge is 0.241 e. The summed E-state index contributed by atoms with van der Waals surface area (Å²) in [5, 5.41) is 61.3. The van der Waals surface area contributed by atoms with Crippen molar-refractivity contribution in [3.05, 3.63) is 120 Å². The lowest BCUT2D eigenvalue weighted by Crippen LogP contribution is -2.58. The van der Waals surface area contributed by atoms with Crippen LogP contribution in [0.2, 0.25) is 0 Å². The fourth-order valence-electron chi connectivity index (χ4n) is 6.46. The average Bonchev–Trinajstić information content (AvgIpc) is 3.07. The van der Waals surface area contributed by atoms with Gasteiger partial charge in [0.2, 0.25) is 10.0 Å². The number of aromatic hydroxyl groups is 1. The molecule has 6 N–H and O–H groups in total. The predicted molar refractivity (Wildman–Crippen MR) is 171 cm³/mol. The first kappa shape index (κ1) is 33.0. The summed E-state index contributed by atoms with van der Waals surface area (Å²) in [6, 6.07) is 25.0. The number of phenols is 1. The van der Waals surface area contributed by atoms with Crippen LogP contribution in [0, 0.1) is 5.82 Å². The van der Waals surface area contributed by atoms with Crippen LogP contribution in [-0.4, -0.2) is 75.3 Å². The van der Waals surface area contributed by atoms with Crippen molar-refractivity contribution in [3.8, 4) is 16.9 Å². The Morgan fingerprint density at radius 1 is 0.830 bits per heavy atom. The molecule has 0 aliphatic carbocycles. The summed E-state index contributed by atoms with van der Waals surface area (Å²) in [6.07, 6.45) is -7.21. The Morgan fingerprint density at radius 3 is 2.13 bits per heavy atom. The van der Waals surface area contributed by atoms with E-state index < -0.39 is 70.4 Å². The number of anilines is 1. The molecule has 1 unspecified atom stereocenters. The zero-order valence-electron chi connectivity index (χ0n) is 25.1. The molecule has 0 aromatic heterocycles. The summed E-state index contributed by atoms with van der Waals surface area (Å²) in [5.41, 5.74) is 3.15. The molecule has 2 aliphatic heterocycles. The lowest BCUT2D eigenvalue weighted by atomic mass is 9.90. The Kier molecular flexibility index (Phi) is 9.36. The average molecular weight is 666 g/mol. The second-order valence-corrected chi connectivity index (χ2v) is 14.0. The molecule has 2 saturated heterocycles. The maximum absolute atomic E-state index is 13.6. The molecule has 0 spiro atoms. The topological polar surface area (TPSA) is 168 Å². The summed E-state index contributed by atoms with van der Waals surface area (Å²) in [4.78, 5) is 0. The van der Waals surface area contributed by atoms with Crippen molar-refractivity contribution in [2.45, 2.75) is 60.8 Å². The van der Waals surface area contributed by atoms with Crippen LogP contribution in [0.15, 0.2) is 97.1 Å². The molecular weight excluding hydrogens is 629 g/mol. The second-order valence-electron chi connectivity index (χ2n) is 11.9. The first-order valence-electron chi connectivity index (χ1n) is 15.3. The van der Waals surface area contributed by atoms with Crippen LogP contribution in [0.25, 0.3) is 11.1 Å². The van der Waals surface area contributed by atoms with Crippen LogP contribution < -0.4 is 4.31 Å². The highest BCUT2D eigenvalue weighted by Crippen LogP contribution is 2.50. The number of phenolic OH excluding ortho intramolecular Hbond substituents is 1. The molecule has 12 heteroatoms. The summed E-state index contributed by atoms with van der Waals surface area (Å²) in [5.74, 6) is -0.560. The number of rotatable bonds is 9. The minimum atomic E-state index is -3.84. The molecule has 8 atom stereocenters. The monoisotopic (exact) mass is 665 g/mol. The summed E-state index contributed by atoms with van der Waals surface area (Å²) in [7, 11) is -3.84. The number of para-hydroxylation sites is 1. The largest absolute Gasteiger partial charge is 0.508 e. The zero-order valence-corrected chi connectivity index (χ0v) is 25.9. The van der Waals surface area contributed by atoms with Gasteiger partial charge in [-0.05, 0) is 65.4 Å². The number of hydrogen-bond acceptors (Lipinski definition) is 9. The first-order chi connectivity index (χ1) is 22.5. The third kappa shape index (κ3) is 6.25. The number of halogens is 1. The van der Waals surface area contributed by atoms with E-state index in [0.717, 1.165) is 0 Å². The van der Waals surface area contributed by atoms with Gasteiger partial charge in [-0.15, -0.1) is 0 Å². The molecule has 0 amide bonds. The number of aliphatic hydroxyl groups excluding tert-OH is 5. The number of hydrogen-bond donors (Lipinski definition) is 6. The Morgan fingerprint density at radius 2 is 1.49 bits per heavy atom.